The number of fused-ring (bicyclic) bond motifs is 3. The van der Waals surface area contributed by atoms with Crippen LogP contribution in [0.1, 0.15) is 5.69 Å². The summed E-state index contributed by atoms with van der Waals surface area (Å²) in [7, 11) is 0. The third-order valence-electron chi connectivity index (χ3n) is 3.63. The van der Waals surface area contributed by atoms with Gasteiger partial charge in [-0.3, -0.25) is 0 Å². The van der Waals surface area contributed by atoms with Crippen molar-refractivity contribution in [2.24, 2.45) is 0 Å². The monoisotopic (exact) mass is 304 g/mol. The van der Waals surface area contributed by atoms with E-state index in [2.05, 4.69) is 21.0 Å². The summed E-state index contributed by atoms with van der Waals surface area (Å²) in [6.07, 6.45) is 3.45. The zero-order valence-electron chi connectivity index (χ0n) is 11.3. The highest BCUT2D eigenvalue weighted by molar-refractivity contribution is 6.33. The van der Waals surface area contributed by atoms with Gasteiger partial charge >= 0.3 is 0 Å². The number of nitriles is 1. The van der Waals surface area contributed by atoms with Gasteiger partial charge < -0.3 is 4.98 Å². The van der Waals surface area contributed by atoms with Crippen LogP contribution in [-0.4, -0.2) is 15.0 Å². The summed E-state index contributed by atoms with van der Waals surface area (Å²) >= 11 is 6.26. The van der Waals surface area contributed by atoms with E-state index >= 15 is 0 Å². The first-order chi connectivity index (χ1) is 10.8. The summed E-state index contributed by atoms with van der Waals surface area (Å²) in [6.45, 7) is 0. The zero-order chi connectivity index (χ0) is 15.1. The van der Waals surface area contributed by atoms with Crippen LogP contribution in [0.5, 0.6) is 0 Å². The third kappa shape index (κ3) is 1.92. The maximum absolute atomic E-state index is 9.02. The van der Waals surface area contributed by atoms with Crippen molar-refractivity contribution >= 4 is 33.5 Å². The van der Waals surface area contributed by atoms with E-state index in [1.54, 1.807) is 18.5 Å². The molecular weight excluding hydrogens is 296 g/mol. The predicted octanol–water partition coefficient (Wildman–Crippen LogP) is 4.30. The molecule has 104 valence electrons. The van der Waals surface area contributed by atoms with Crippen LogP contribution in [0.3, 0.4) is 0 Å². The molecule has 22 heavy (non-hydrogen) atoms. The van der Waals surface area contributed by atoms with Crippen LogP contribution < -0.4 is 0 Å². The minimum atomic E-state index is 0.386. The fourth-order valence-electron chi connectivity index (χ4n) is 2.58. The number of pyridine rings is 2. The maximum atomic E-state index is 9.02. The molecule has 0 aliphatic carbocycles. The first-order valence-corrected chi connectivity index (χ1v) is 7.06. The SMILES string of the molecule is N#Cc1cc2c(cn1)[nH]c1ncc(-c3ccccc3Cl)cc12. The van der Waals surface area contributed by atoms with E-state index in [0.717, 1.165) is 33.1 Å². The predicted molar refractivity (Wildman–Crippen MR) is 86.6 cm³/mol. The highest BCUT2D eigenvalue weighted by Crippen LogP contribution is 2.31. The molecule has 0 spiro atoms. The van der Waals surface area contributed by atoms with Crippen molar-refractivity contribution in [3.8, 4) is 17.2 Å². The number of benzene rings is 1. The number of hydrogen-bond donors (Lipinski definition) is 1. The Labute approximate surface area is 131 Å². The first kappa shape index (κ1) is 12.8. The minimum absolute atomic E-state index is 0.386. The Morgan fingerprint density at radius 1 is 1.05 bits per heavy atom. The van der Waals surface area contributed by atoms with E-state index in [4.69, 9.17) is 16.9 Å². The van der Waals surface area contributed by atoms with Crippen molar-refractivity contribution in [3.63, 3.8) is 0 Å². The van der Waals surface area contributed by atoms with Gasteiger partial charge in [-0.05, 0) is 18.2 Å². The topological polar surface area (TPSA) is 65.4 Å². The smallest absolute Gasteiger partial charge is 0.141 e. The largest absolute Gasteiger partial charge is 0.338 e. The van der Waals surface area contributed by atoms with Crippen LogP contribution in [0.2, 0.25) is 5.02 Å². The molecule has 0 atom stereocenters. The van der Waals surface area contributed by atoms with E-state index < -0.39 is 0 Å². The summed E-state index contributed by atoms with van der Waals surface area (Å²) in [6, 6.07) is 13.5. The fourth-order valence-corrected chi connectivity index (χ4v) is 2.82. The second-order valence-corrected chi connectivity index (χ2v) is 5.36. The lowest BCUT2D eigenvalue weighted by atomic mass is 10.1. The average Bonchev–Trinajstić information content (AvgIpc) is 2.92. The number of aromatic nitrogens is 3. The van der Waals surface area contributed by atoms with Gasteiger partial charge in [0, 0.05) is 33.1 Å². The van der Waals surface area contributed by atoms with Crippen molar-refractivity contribution in [2.75, 3.05) is 0 Å². The van der Waals surface area contributed by atoms with Crippen LogP contribution >= 0.6 is 11.6 Å². The van der Waals surface area contributed by atoms with Crippen LogP contribution in [0.15, 0.2) is 48.8 Å². The molecule has 0 radical (unpaired) electrons. The van der Waals surface area contributed by atoms with Gasteiger partial charge in [-0.1, -0.05) is 29.8 Å². The molecule has 3 aromatic heterocycles. The Kier molecular flexibility index (Phi) is 2.81. The molecular formula is C17H9ClN4. The molecule has 0 amide bonds. The maximum Gasteiger partial charge on any atom is 0.141 e. The lowest BCUT2D eigenvalue weighted by Crippen LogP contribution is -1.83. The number of aromatic amines is 1. The molecule has 0 saturated heterocycles. The van der Waals surface area contributed by atoms with E-state index in [1.807, 2.05) is 30.3 Å². The molecule has 3 heterocycles. The Morgan fingerprint density at radius 3 is 2.73 bits per heavy atom. The standard InChI is InChI=1S/C17H9ClN4/c18-15-4-2-1-3-12(15)10-5-14-13-6-11(7-19)20-9-16(13)22-17(14)21-8-10/h1-6,8-9H,(H,21,22). The van der Waals surface area contributed by atoms with Crippen molar-refractivity contribution in [2.45, 2.75) is 0 Å². The van der Waals surface area contributed by atoms with Crippen molar-refractivity contribution in [1.82, 2.24) is 15.0 Å². The van der Waals surface area contributed by atoms with Gasteiger partial charge in [0.15, 0.2) is 0 Å². The molecule has 0 unspecified atom stereocenters. The molecule has 0 aliphatic heterocycles. The molecule has 1 aromatic carbocycles. The average molecular weight is 305 g/mol. The van der Waals surface area contributed by atoms with Crippen LogP contribution in [0, 0.1) is 11.3 Å². The van der Waals surface area contributed by atoms with E-state index in [9.17, 15) is 0 Å². The molecule has 0 aliphatic rings. The van der Waals surface area contributed by atoms with E-state index in [-0.39, 0.29) is 0 Å². The van der Waals surface area contributed by atoms with Gasteiger partial charge in [-0.2, -0.15) is 5.26 Å². The van der Waals surface area contributed by atoms with Crippen LogP contribution in [0.25, 0.3) is 33.1 Å². The Hall–Kier alpha value is -2.90. The fraction of sp³-hybridized carbons (Fsp3) is 0. The Morgan fingerprint density at radius 2 is 1.91 bits per heavy atom. The third-order valence-corrected chi connectivity index (χ3v) is 3.96. The van der Waals surface area contributed by atoms with Gasteiger partial charge in [0.1, 0.15) is 17.4 Å². The van der Waals surface area contributed by atoms with Gasteiger partial charge in [0.2, 0.25) is 0 Å². The van der Waals surface area contributed by atoms with Gasteiger partial charge in [0.05, 0.1) is 11.7 Å². The molecule has 4 nitrogen and oxygen atoms in total. The molecule has 5 heteroatoms. The van der Waals surface area contributed by atoms with Crippen LogP contribution in [0.4, 0.5) is 0 Å². The van der Waals surface area contributed by atoms with E-state index in [1.165, 1.54) is 0 Å². The quantitative estimate of drug-likeness (QED) is 0.570. The Balaban J connectivity index is 2.02. The minimum Gasteiger partial charge on any atom is -0.338 e. The lowest BCUT2D eigenvalue weighted by Gasteiger charge is -2.03. The number of nitrogens with one attached hydrogen (secondary N) is 1. The van der Waals surface area contributed by atoms with Crippen molar-refractivity contribution in [1.29, 1.82) is 5.26 Å². The number of rotatable bonds is 1. The summed E-state index contributed by atoms with van der Waals surface area (Å²) in [5.74, 6) is 0. The first-order valence-electron chi connectivity index (χ1n) is 6.69. The molecule has 4 rings (SSSR count). The second kappa shape index (κ2) is 4.83. The number of nitrogens with zero attached hydrogens (tertiary/aromatic N) is 3. The number of hydrogen-bond acceptors (Lipinski definition) is 3. The lowest BCUT2D eigenvalue weighted by molar-refractivity contribution is 1.27. The molecule has 0 saturated carbocycles. The molecule has 1 N–H and O–H groups in total. The van der Waals surface area contributed by atoms with Gasteiger partial charge in [-0.15, -0.1) is 0 Å². The summed E-state index contributed by atoms with van der Waals surface area (Å²) < 4.78 is 0. The van der Waals surface area contributed by atoms with Crippen molar-refractivity contribution < 1.29 is 0 Å². The summed E-state index contributed by atoms with van der Waals surface area (Å²) in [5.41, 5.74) is 3.88. The Bertz CT molecular complexity index is 1060. The zero-order valence-corrected chi connectivity index (χ0v) is 12.1. The molecule has 4 aromatic rings. The second-order valence-electron chi connectivity index (χ2n) is 4.95. The number of halogens is 1. The van der Waals surface area contributed by atoms with E-state index in [0.29, 0.717) is 10.7 Å². The van der Waals surface area contributed by atoms with Gasteiger partial charge in [-0.25, -0.2) is 9.97 Å². The highest BCUT2D eigenvalue weighted by Gasteiger charge is 2.10. The van der Waals surface area contributed by atoms with Gasteiger partial charge in [0.25, 0.3) is 0 Å². The summed E-state index contributed by atoms with van der Waals surface area (Å²) in [5, 5.41) is 11.6. The number of H-pyrrole nitrogens is 1. The molecule has 0 bridgehead atoms. The molecule has 0 fully saturated rings. The normalized spacial score (nSPS) is 10.9. The summed E-state index contributed by atoms with van der Waals surface area (Å²) in [4.78, 5) is 11.7. The van der Waals surface area contributed by atoms with Crippen LogP contribution in [-0.2, 0) is 0 Å². The van der Waals surface area contributed by atoms with Crippen molar-refractivity contribution in [3.05, 3.63) is 59.5 Å². The highest BCUT2D eigenvalue weighted by atomic mass is 35.5.